The van der Waals surface area contributed by atoms with E-state index in [1.807, 2.05) is 0 Å². The highest BCUT2D eigenvalue weighted by atomic mass is 32.2. The number of nitrogens with one attached hydrogen (secondary N) is 1. The SMILES string of the molecule is COC(=O)[C@H](CSC[C@H]1CCCN1C(=O)CC1CCCCC1)NC(=O)CCC(C)C. The molecular weight excluding hydrogens is 400 g/mol. The van der Waals surface area contributed by atoms with Crippen LogP contribution in [0.15, 0.2) is 0 Å². The molecule has 1 aliphatic carbocycles. The van der Waals surface area contributed by atoms with E-state index in [0.717, 1.165) is 31.6 Å². The van der Waals surface area contributed by atoms with Gasteiger partial charge in [0.1, 0.15) is 6.04 Å². The molecule has 7 heteroatoms. The van der Waals surface area contributed by atoms with Gasteiger partial charge >= 0.3 is 5.97 Å². The molecule has 30 heavy (non-hydrogen) atoms. The van der Waals surface area contributed by atoms with Gasteiger partial charge in [0.25, 0.3) is 0 Å². The molecular formula is C23H40N2O4S. The Morgan fingerprint density at radius 3 is 2.50 bits per heavy atom. The van der Waals surface area contributed by atoms with Crippen LogP contribution in [-0.4, -0.2) is 59.9 Å². The molecule has 1 aliphatic heterocycles. The van der Waals surface area contributed by atoms with E-state index in [1.165, 1.54) is 39.2 Å². The quantitative estimate of drug-likeness (QED) is 0.495. The van der Waals surface area contributed by atoms with Crippen molar-refractivity contribution in [3.63, 3.8) is 0 Å². The number of ether oxygens (including phenoxy) is 1. The van der Waals surface area contributed by atoms with E-state index in [2.05, 4.69) is 24.1 Å². The third kappa shape index (κ3) is 8.48. The molecule has 2 amide bonds. The number of methoxy groups -OCH3 is 1. The zero-order valence-corrected chi connectivity index (χ0v) is 19.8. The Bertz CT molecular complexity index is 563. The van der Waals surface area contributed by atoms with Crippen molar-refractivity contribution in [1.29, 1.82) is 0 Å². The Morgan fingerprint density at radius 2 is 1.83 bits per heavy atom. The van der Waals surface area contributed by atoms with Crippen molar-refractivity contribution in [3.8, 4) is 0 Å². The Labute approximate surface area is 186 Å². The minimum Gasteiger partial charge on any atom is -0.467 e. The van der Waals surface area contributed by atoms with Crippen LogP contribution in [0, 0.1) is 11.8 Å². The number of likely N-dealkylation sites (tertiary alicyclic amines) is 1. The van der Waals surface area contributed by atoms with Gasteiger partial charge in [-0.3, -0.25) is 9.59 Å². The van der Waals surface area contributed by atoms with E-state index in [9.17, 15) is 14.4 Å². The molecule has 2 aliphatic rings. The minimum absolute atomic E-state index is 0.107. The van der Waals surface area contributed by atoms with Crippen molar-refractivity contribution in [2.75, 3.05) is 25.2 Å². The molecule has 2 rings (SSSR count). The first-order valence-electron chi connectivity index (χ1n) is 11.6. The molecule has 6 nitrogen and oxygen atoms in total. The molecule has 1 N–H and O–H groups in total. The van der Waals surface area contributed by atoms with Crippen molar-refractivity contribution in [2.24, 2.45) is 11.8 Å². The van der Waals surface area contributed by atoms with Gasteiger partial charge in [0.2, 0.25) is 11.8 Å². The highest BCUT2D eigenvalue weighted by molar-refractivity contribution is 7.99. The van der Waals surface area contributed by atoms with Gasteiger partial charge in [-0.25, -0.2) is 4.79 Å². The number of rotatable bonds is 11. The average molecular weight is 441 g/mol. The number of hydrogen-bond donors (Lipinski definition) is 1. The molecule has 0 aromatic heterocycles. The fourth-order valence-electron chi connectivity index (χ4n) is 4.41. The van der Waals surface area contributed by atoms with Crippen LogP contribution in [0.25, 0.3) is 0 Å². The Kier molecular flexibility index (Phi) is 11.0. The molecule has 2 atom stereocenters. The predicted molar refractivity (Wildman–Crippen MR) is 121 cm³/mol. The molecule has 0 aromatic rings. The topological polar surface area (TPSA) is 75.7 Å². The van der Waals surface area contributed by atoms with E-state index in [0.29, 0.717) is 36.3 Å². The average Bonchev–Trinajstić information content (AvgIpc) is 3.20. The number of thioether (sulfide) groups is 1. The maximum atomic E-state index is 12.8. The number of amides is 2. The Hall–Kier alpha value is -1.24. The number of hydrogen-bond acceptors (Lipinski definition) is 5. The van der Waals surface area contributed by atoms with Crippen molar-refractivity contribution in [2.45, 2.75) is 90.1 Å². The number of esters is 1. The first kappa shape index (κ1) is 25.0. The van der Waals surface area contributed by atoms with Gasteiger partial charge in [-0.1, -0.05) is 33.1 Å². The van der Waals surface area contributed by atoms with Crippen LogP contribution in [0.1, 0.15) is 78.1 Å². The van der Waals surface area contributed by atoms with Crippen LogP contribution in [0.4, 0.5) is 0 Å². The summed E-state index contributed by atoms with van der Waals surface area (Å²) in [4.78, 5) is 39.1. The van der Waals surface area contributed by atoms with Crippen LogP contribution in [0.2, 0.25) is 0 Å². The summed E-state index contributed by atoms with van der Waals surface area (Å²) in [6, 6.07) is -0.395. The second-order valence-electron chi connectivity index (χ2n) is 9.20. The Balaban J connectivity index is 1.78. The molecule has 0 spiro atoms. The van der Waals surface area contributed by atoms with Crippen LogP contribution in [-0.2, 0) is 19.1 Å². The summed E-state index contributed by atoms with van der Waals surface area (Å²) >= 11 is 1.63. The zero-order valence-electron chi connectivity index (χ0n) is 19.0. The lowest BCUT2D eigenvalue weighted by atomic mass is 9.86. The molecule has 0 bridgehead atoms. The van der Waals surface area contributed by atoms with Crippen LogP contribution in [0.3, 0.4) is 0 Å². The highest BCUT2D eigenvalue weighted by Crippen LogP contribution is 2.29. The van der Waals surface area contributed by atoms with Gasteiger partial charge < -0.3 is 15.0 Å². The van der Waals surface area contributed by atoms with Crippen molar-refractivity contribution in [3.05, 3.63) is 0 Å². The van der Waals surface area contributed by atoms with Gasteiger partial charge in [0.05, 0.1) is 7.11 Å². The summed E-state index contributed by atoms with van der Waals surface area (Å²) in [7, 11) is 1.35. The molecule has 0 aromatic carbocycles. The molecule has 2 fully saturated rings. The Morgan fingerprint density at radius 1 is 1.10 bits per heavy atom. The summed E-state index contributed by atoms with van der Waals surface area (Å²) in [5, 5.41) is 2.82. The second kappa shape index (κ2) is 13.2. The van der Waals surface area contributed by atoms with Gasteiger partial charge in [-0.2, -0.15) is 11.8 Å². The first-order chi connectivity index (χ1) is 14.4. The smallest absolute Gasteiger partial charge is 0.329 e. The lowest BCUT2D eigenvalue weighted by molar-refractivity contribution is -0.144. The second-order valence-corrected chi connectivity index (χ2v) is 10.3. The number of carbonyl (C=O) groups excluding carboxylic acids is 3. The summed E-state index contributed by atoms with van der Waals surface area (Å²) < 4.78 is 4.87. The third-order valence-electron chi connectivity index (χ3n) is 6.25. The highest BCUT2D eigenvalue weighted by Gasteiger charge is 2.31. The largest absolute Gasteiger partial charge is 0.467 e. The first-order valence-corrected chi connectivity index (χ1v) is 12.8. The van der Waals surface area contributed by atoms with Crippen molar-refractivity contribution < 1.29 is 19.1 Å². The standard InChI is InChI=1S/C23H40N2O4S/c1-17(2)11-12-21(26)24-20(23(28)29-3)16-30-15-19-10-7-13-25(19)22(27)14-18-8-5-4-6-9-18/h17-20H,4-16H2,1-3H3,(H,24,26)/t19-,20+/m1/s1. The van der Waals surface area contributed by atoms with Crippen LogP contribution in [0.5, 0.6) is 0 Å². The molecule has 1 saturated carbocycles. The van der Waals surface area contributed by atoms with E-state index in [-0.39, 0.29) is 11.9 Å². The normalized spacial score (nSPS) is 20.9. The monoisotopic (exact) mass is 440 g/mol. The van der Waals surface area contributed by atoms with Gasteiger partial charge in [0.15, 0.2) is 0 Å². The fraction of sp³-hybridized carbons (Fsp3) is 0.870. The van der Waals surface area contributed by atoms with E-state index >= 15 is 0 Å². The van der Waals surface area contributed by atoms with E-state index < -0.39 is 12.0 Å². The maximum absolute atomic E-state index is 12.8. The zero-order chi connectivity index (χ0) is 21.9. The van der Waals surface area contributed by atoms with Gasteiger partial charge in [-0.15, -0.1) is 0 Å². The predicted octanol–water partition coefficient (Wildman–Crippen LogP) is 3.78. The molecule has 0 unspecified atom stereocenters. The third-order valence-corrected chi connectivity index (χ3v) is 7.44. The van der Waals surface area contributed by atoms with Crippen molar-refractivity contribution in [1.82, 2.24) is 10.2 Å². The van der Waals surface area contributed by atoms with Crippen LogP contribution >= 0.6 is 11.8 Å². The van der Waals surface area contributed by atoms with E-state index in [1.54, 1.807) is 11.8 Å². The number of carbonyl (C=O) groups is 3. The fourth-order valence-corrected chi connectivity index (χ4v) is 5.62. The van der Waals surface area contributed by atoms with Gasteiger partial charge in [0, 0.05) is 36.9 Å². The summed E-state index contributed by atoms with van der Waals surface area (Å²) in [6.45, 7) is 5.00. The molecule has 1 saturated heterocycles. The number of nitrogens with zero attached hydrogens (tertiary/aromatic N) is 1. The minimum atomic E-state index is -0.632. The van der Waals surface area contributed by atoms with Crippen LogP contribution < -0.4 is 5.32 Å². The molecule has 0 radical (unpaired) electrons. The summed E-state index contributed by atoms with van der Waals surface area (Å²) in [5.41, 5.74) is 0. The lowest BCUT2D eigenvalue weighted by Gasteiger charge is -2.28. The molecule has 1 heterocycles. The summed E-state index contributed by atoms with van der Waals surface area (Å²) in [5.74, 6) is 2.07. The lowest BCUT2D eigenvalue weighted by Crippen LogP contribution is -2.44. The summed E-state index contributed by atoms with van der Waals surface area (Å²) in [6.07, 6.45) is 10.2. The molecule has 172 valence electrons. The maximum Gasteiger partial charge on any atom is 0.329 e. The van der Waals surface area contributed by atoms with Crippen molar-refractivity contribution >= 4 is 29.5 Å². The van der Waals surface area contributed by atoms with E-state index in [4.69, 9.17) is 4.74 Å². The van der Waals surface area contributed by atoms with Gasteiger partial charge in [-0.05, 0) is 43.9 Å².